The van der Waals surface area contributed by atoms with Gasteiger partial charge in [-0.05, 0) is 30.3 Å². The molecule has 8 heteroatoms. The van der Waals surface area contributed by atoms with Gasteiger partial charge >= 0.3 is 0 Å². The molecule has 134 valence electrons. The fourth-order valence-corrected chi connectivity index (χ4v) is 3.01. The quantitative estimate of drug-likeness (QED) is 0.545. The van der Waals surface area contributed by atoms with E-state index in [4.69, 9.17) is 9.15 Å². The fourth-order valence-electron chi connectivity index (χ4n) is 2.47. The molecule has 4 rings (SSSR count). The number of carbonyl (C=O) groups excluding carboxylic acids is 1. The Morgan fingerprint density at radius 2 is 2.11 bits per heavy atom. The van der Waals surface area contributed by atoms with Crippen LogP contribution in [0.1, 0.15) is 16.1 Å². The summed E-state index contributed by atoms with van der Waals surface area (Å²) in [5.74, 6) is 0.612. The predicted octanol–water partition coefficient (Wildman–Crippen LogP) is 4.02. The lowest BCUT2D eigenvalue weighted by Crippen LogP contribution is -2.13. The zero-order valence-electron chi connectivity index (χ0n) is 14.0. The molecule has 0 bridgehead atoms. The van der Waals surface area contributed by atoms with Crippen LogP contribution in [0.25, 0.3) is 11.5 Å². The summed E-state index contributed by atoms with van der Waals surface area (Å²) in [4.78, 5) is 16.9. The Labute approximate surface area is 158 Å². The number of ether oxygens (including phenoxy) is 1. The molecule has 0 saturated carbocycles. The lowest BCUT2D eigenvalue weighted by Gasteiger charge is -2.11. The number of carbonyl (C=O) groups is 1. The summed E-state index contributed by atoms with van der Waals surface area (Å²) in [5, 5.41) is 12.3. The third-order valence-corrected chi connectivity index (χ3v) is 4.35. The molecule has 2 aromatic carbocycles. The van der Waals surface area contributed by atoms with Crippen molar-refractivity contribution < 1.29 is 13.9 Å². The smallest absolute Gasteiger partial charge is 0.259 e. The maximum Gasteiger partial charge on any atom is 0.259 e. The molecule has 1 N–H and O–H groups in total. The highest BCUT2D eigenvalue weighted by atomic mass is 32.1. The molecule has 4 aromatic rings. The predicted molar refractivity (Wildman–Crippen MR) is 101 cm³/mol. The molecule has 0 atom stereocenters. The van der Waals surface area contributed by atoms with Crippen LogP contribution in [0.15, 0.2) is 70.2 Å². The van der Waals surface area contributed by atoms with Gasteiger partial charge in [-0.1, -0.05) is 18.2 Å². The molecule has 0 saturated heterocycles. The number of hydrogen-bond donors (Lipinski definition) is 1. The zero-order chi connectivity index (χ0) is 18.5. The molecule has 1 amide bonds. The number of amides is 1. The normalized spacial score (nSPS) is 10.5. The summed E-state index contributed by atoms with van der Waals surface area (Å²) in [6, 6.07) is 14.3. The van der Waals surface area contributed by atoms with E-state index in [0.29, 0.717) is 29.5 Å². The van der Waals surface area contributed by atoms with Crippen LogP contribution in [0.4, 0.5) is 5.69 Å². The first-order valence-corrected chi connectivity index (χ1v) is 9.01. The second-order valence-corrected chi connectivity index (χ2v) is 6.26. The molecule has 0 aliphatic rings. The Morgan fingerprint density at radius 1 is 1.19 bits per heavy atom. The van der Waals surface area contributed by atoms with Crippen LogP contribution in [0.3, 0.4) is 0 Å². The van der Waals surface area contributed by atoms with Gasteiger partial charge in [-0.25, -0.2) is 4.98 Å². The molecular formula is C19H14N4O3S. The largest absolute Gasteiger partial charge is 0.486 e. The van der Waals surface area contributed by atoms with E-state index in [1.807, 2.05) is 17.5 Å². The summed E-state index contributed by atoms with van der Waals surface area (Å²) in [7, 11) is 0. The number of nitrogens with one attached hydrogen (secondary N) is 1. The summed E-state index contributed by atoms with van der Waals surface area (Å²) >= 11 is 1.50. The molecule has 27 heavy (non-hydrogen) atoms. The molecule has 2 aromatic heterocycles. The molecule has 0 unspecified atom stereocenters. The van der Waals surface area contributed by atoms with Crippen molar-refractivity contribution in [3.05, 3.63) is 77.1 Å². The van der Waals surface area contributed by atoms with Gasteiger partial charge in [0, 0.05) is 16.6 Å². The molecule has 0 fully saturated rings. The Bertz CT molecular complexity index is 1030. The topological polar surface area (TPSA) is 90.1 Å². The number of rotatable bonds is 6. The van der Waals surface area contributed by atoms with E-state index < -0.39 is 0 Å². The van der Waals surface area contributed by atoms with Gasteiger partial charge in [0.1, 0.15) is 12.4 Å². The Hall–Kier alpha value is -3.52. The van der Waals surface area contributed by atoms with Crippen molar-refractivity contribution in [2.75, 3.05) is 5.32 Å². The van der Waals surface area contributed by atoms with Crippen LogP contribution in [-0.2, 0) is 6.61 Å². The number of benzene rings is 2. The molecule has 7 nitrogen and oxygen atoms in total. The molecule has 0 spiro atoms. The number of nitrogens with zero attached hydrogens (tertiary/aromatic N) is 3. The van der Waals surface area contributed by atoms with E-state index in [0.717, 1.165) is 11.3 Å². The van der Waals surface area contributed by atoms with Crippen LogP contribution in [0.5, 0.6) is 5.75 Å². The molecule has 2 heterocycles. The monoisotopic (exact) mass is 378 g/mol. The Kier molecular flexibility index (Phi) is 4.88. The summed E-state index contributed by atoms with van der Waals surface area (Å²) < 4.78 is 11.0. The number of anilines is 1. The van der Waals surface area contributed by atoms with Crippen molar-refractivity contribution in [3.8, 4) is 17.2 Å². The van der Waals surface area contributed by atoms with Crippen LogP contribution >= 0.6 is 11.3 Å². The SMILES string of the molecule is O=C(Nc1cccc(-c2nnco2)c1)c1ccccc1OCc1cscn1. The minimum Gasteiger partial charge on any atom is -0.486 e. The fraction of sp³-hybridized carbons (Fsp3) is 0.0526. The van der Waals surface area contributed by atoms with E-state index in [1.165, 1.54) is 17.7 Å². The van der Waals surface area contributed by atoms with Gasteiger partial charge in [0.25, 0.3) is 5.91 Å². The lowest BCUT2D eigenvalue weighted by atomic mass is 10.1. The maximum atomic E-state index is 12.7. The number of aromatic nitrogens is 3. The van der Waals surface area contributed by atoms with E-state index in [1.54, 1.807) is 41.9 Å². The van der Waals surface area contributed by atoms with Crippen LogP contribution in [0.2, 0.25) is 0 Å². The third-order valence-electron chi connectivity index (χ3n) is 3.72. The second-order valence-electron chi connectivity index (χ2n) is 5.54. The van der Waals surface area contributed by atoms with Crippen molar-refractivity contribution >= 4 is 22.9 Å². The number of hydrogen-bond acceptors (Lipinski definition) is 7. The first-order chi connectivity index (χ1) is 13.3. The van der Waals surface area contributed by atoms with E-state index in [2.05, 4.69) is 20.5 Å². The van der Waals surface area contributed by atoms with Gasteiger partial charge in [-0.3, -0.25) is 4.79 Å². The summed E-state index contributed by atoms with van der Waals surface area (Å²) in [6.07, 6.45) is 1.26. The van der Waals surface area contributed by atoms with Crippen molar-refractivity contribution in [2.24, 2.45) is 0 Å². The van der Waals surface area contributed by atoms with Gasteiger partial charge in [0.15, 0.2) is 0 Å². The van der Waals surface area contributed by atoms with Crippen molar-refractivity contribution in [1.29, 1.82) is 0 Å². The third kappa shape index (κ3) is 4.01. The Morgan fingerprint density at radius 3 is 2.93 bits per heavy atom. The second kappa shape index (κ2) is 7.79. The van der Waals surface area contributed by atoms with E-state index >= 15 is 0 Å². The zero-order valence-corrected chi connectivity index (χ0v) is 14.8. The standard InChI is InChI=1S/C19H14N4O3S/c24-18(22-14-5-3-4-13(8-14)19-23-21-11-26-19)16-6-1-2-7-17(16)25-9-15-10-27-12-20-15/h1-8,10-12H,9H2,(H,22,24). The van der Waals surface area contributed by atoms with Crippen LogP contribution in [0, 0.1) is 0 Å². The highest BCUT2D eigenvalue weighted by Crippen LogP contribution is 2.23. The molecule has 0 aliphatic heterocycles. The summed E-state index contributed by atoms with van der Waals surface area (Å²) in [5.41, 5.74) is 4.34. The first-order valence-electron chi connectivity index (χ1n) is 8.06. The van der Waals surface area contributed by atoms with Gasteiger partial charge in [0.2, 0.25) is 12.3 Å². The minimum absolute atomic E-state index is 0.272. The minimum atomic E-state index is -0.272. The molecule has 0 aliphatic carbocycles. The molecular weight excluding hydrogens is 364 g/mol. The summed E-state index contributed by atoms with van der Waals surface area (Å²) in [6.45, 7) is 0.306. The van der Waals surface area contributed by atoms with Crippen LogP contribution in [-0.4, -0.2) is 21.1 Å². The number of thiazole rings is 1. The highest BCUT2D eigenvalue weighted by Gasteiger charge is 2.14. The molecule has 0 radical (unpaired) electrons. The maximum absolute atomic E-state index is 12.7. The highest BCUT2D eigenvalue weighted by molar-refractivity contribution is 7.07. The Balaban J connectivity index is 1.51. The van der Waals surface area contributed by atoms with Crippen molar-refractivity contribution in [3.63, 3.8) is 0 Å². The van der Waals surface area contributed by atoms with E-state index in [9.17, 15) is 4.79 Å². The van der Waals surface area contributed by atoms with Crippen LogP contribution < -0.4 is 10.1 Å². The average Bonchev–Trinajstić information content (AvgIpc) is 3.41. The lowest BCUT2D eigenvalue weighted by molar-refractivity contribution is 0.102. The van der Waals surface area contributed by atoms with Crippen molar-refractivity contribution in [2.45, 2.75) is 6.61 Å². The van der Waals surface area contributed by atoms with Gasteiger partial charge < -0.3 is 14.5 Å². The first kappa shape index (κ1) is 16.9. The van der Waals surface area contributed by atoms with Gasteiger partial charge in [0.05, 0.1) is 16.8 Å². The number of para-hydroxylation sites is 1. The van der Waals surface area contributed by atoms with Gasteiger partial charge in [-0.2, -0.15) is 0 Å². The average molecular weight is 378 g/mol. The van der Waals surface area contributed by atoms with Gasteiger partial charge in [-0.15, -0.1) is 21.5 Å². The van der Waals surface area contributed by atoms with Crippen molar-refractivity contribution in [1.82, 2.24) is 15.2 Å². The van der Waals surface area contributed by atoms with E-state index in [-0.39, 0.29) is 5.91 Å².